The van der Waals surface area contributed by atoms with E-state index in [-0.39, 0.29) is 12.3 Å². The minimum atomic E-state index is -0.450. The molecule has 3 rings (SSSR count). The van der Waals surface area contributed by atoms with Crippen LogP contribution in [0.2, 0.25) is 0 Å². The number of carbonyl (C=O) groups is 1. The number of amides is 1. The van der Waals surface area contributed by atoms with E-state index >= 15 is 0 Å². The second-order valence-electron chi connectivity index (χ2n) is 7.24. The molecule has 0 unspecified atom stereocenters. The molecule has 0 bridgehead atoms. The van der Waals surface area contributed by atoms with Gasteiger partial charge in [-0.15, -0.1) is 0 Å². The predicted octanol–water partition coefficient (Wildman–Crippen LogP) is 4.96. The molecule has 0 aromatic heterocycles. The van der Waals surface area contributed by atoms with Crippen LogP contribution in [0.5, 0.6) is 23.0 Å². The number of nitrogens with one attached hydrogen (secondary N) is 1. The van der Waals surface area contributed by atoms with Gasteiger partial charge < -0.3 is 18.9 Å². The van der Waals surface area contributed by atoms with Gasteiger partial charge >= 0.3 is 0 Å². The number of hydrazone groups is 1. The molecule has 0 aliphatic heterocycles. The Morgan fingerprint density at radius 3 is 2.39 bits per heavy atom. The summed E-state index contributed by atoms with van der Waals surface area (Å²) >= 11 is 2.12. The molecule has 0 atom stereocenters. The van der Waals surface area contributed by atoms with Crippen molar-refractivity contribution in [2.75, 3.05) is 20.8 Å². The molecular weight excluding hydrogens is 581 g/mol. The molecule has 1 N–H and O–H groups in total. The van der Waals surface area contributed by atoms with Gasteiger partial charge in [-0.2, -0.15) is 5.10 Å². The van der Waals surface area contributed by atoms with E-state index in [1.807, 2.05) is 13.0 Å². The number of non-ortho nitro benzene ring substituents is 1. The number of methoxy groups -OCH3 is 2. The SMILES string of the molecule is CCOc1cc(C(=O)N/N=C/c2cc(I)c(OCc3ccc([N+](=O)[O-])cc3)c(OC)c2)ccc1OC. The lowest BCUT2D eigenvalue weighted by Crippen LogP contribution is -2.17. The predicted molar refractivity (Wildman–Crippen MR) is 142 cm³/mol. The third-order valence-corrected chi connectivity index (χ3v) is 5.69. The van der Waals surface area contributed by atoms with E-state index < -0.39 is 10.8 Å². The molecule has 3 aromatic carbocycles. The van der Waals surface area contributed by atoms with Crippen LogP contribution in [0.1, 0.15) is 28.4 Å². The fourth-order valence-corrected chi connectivity index (χ4v) is 3.92. The maximum absolute atomic E-state index is 12.5. The summed E-state index contributed by atoms with van der Waals surface area (Å²) in [6.07, 6.45) is 1.50. The number of ether oxygens (including phenoxy) is 4. The number of halogens is 1. The normalized spacial score (nSPS) is 10.7. The monoisotopic (exact) mass is 605 g/mol. The van der Waals surface area contributed by atoms with Crippen LogP contribution in [0.25, 0.3) is 0 Å². The maximum Gasteiger partial charge on any atom is 0.271 e. The van der Waals surface area contributed by atoms with Gasteiger partial charge in [0.15, 0.2) is 23.0 Å². The van der Waals surface area contributed by atoms with E-state index in [1.165, 1.54) is 32.6 Å². The summed E-state index contributed by atoms with van der Waals surface area (Å²) in [6.45, 7) is 2.49. The van der Waals surface area contributed by atoms with E-state index in [4.69, 9.17) is 18.9 Å². The molecule has 0 aliphatic carbocycles. The maximum atomic E-state index is 12.5. The largest absolute Gasteiger partial charge is 0.493 e. The zero-order chi connectivity index (χ0) is 26.1. The number of hydrogen-bond donors (Lipinski definition) is 1. The van der Waals surface area contributed by atoms with E-state index in [0.717, 1.165) is 9.13 Å². The summed E-state index contributed by atoms with van der Waals surface area (Å²) in [5.74, 6) is 1.61. The van der Waals surface area contributed by atoms with Crippen LogP contribution in [-0.4, -0.2) is 37.9 Å². The smallest absolute Gasteiger partial charge is 0.271 e. The number of benzene rings is 3. The number of nitrogens with zero attached hydrogens (tertiary/aromatic N) is 2. The Labute approximate surface area is 221 Å². The molecule has 3 aromatic rings. The third kappa shape index (κ3) is 6.84. The quantitative estimate of drug-likeness (QED) is 0.142. The lowest BCUT2D eigenvalue weighted by Gasteiger charge is -2.13. The first-order valence-corrected chi connectivity index (χ1v) is 11.8. The average Bonchev–Trinajstić information content (AvgIpc) is 2.88. The van der Waals surface area contributed by atoms with Crippen LogP contribution in [0.15, 0.2) is 59.7 Å². The Bertz CT molecular complexity index is 1260. The first-order valence-electron chi connectivity index (χ1n) is 10.7. The molecule has 188 valence electrons. The molecule has 1 amide bonds. The van der Waals surface area contributed by atoms with Crippen molar-refractivity contribution in [2.45, 2.75) is 13.5 Å². The highest BCUT2D eigenvalue weighted by atomic mass is 127. The van der Waals surface area contributed by atoms with Crippen molar-refractivity contribution < 1.29 is 28.7 Å². The Morgan fingerprint density at radius 2 is 1.75 bits per heavy atom. The minimum Gasteiger partial charge on any atom is -0.493 e. The summed E-state index contributed by atoms with van der Waals surface area (Å²) in [5, 5.41) is 14.9. The lowest BCUT2D eigenvalue weighted by molar-refractivity contribution is -0.384. The fourth-order valence-electron chi connectivity index (χ4n) is 3.14. The average molecular weight is 605 g/mol. The number of nitro benzene ring substituents is 1. The number of nitro groups is 1. The number of rotatable bonds is 11. The molecule has 0 saturated heterocycles. The Kier molecular flexibility index (Phi) is 9.45. The first kappa shape index (κ1) is 26.7. The van der Waals surface area contributed by atoms with Gasteiger partial charge in [0.05, 0.1) is 35.5 Å². The summed E-state index contributed by atoms with van der Waals surface area (Å²) < 4.78 is 22.9. The van der Waals surface area contributed by atoms with Gasteiger partial charge in [-0.25, -0.2) is 5.43 Å². The van der Waals surface area contributed by atoms with Crippen LogP contribution < -0.4 is 24.4 Å². The van der Waals surface area contributed by atoms with Crippen molar-refractivity contribution in [2.24, 2.45) is 5.10 Å². The van der Waals surface area contributed by atoms with Crippen molar-refractivity contribution in [3.8, 4) is 23.0 Å². The van der Waals surface area contributed by atoms with Crippen LogP contribution in [0, 0.1) is 13.7 Å². The highest BCUT2D eigenvalue weighted by molar-refractivity contribution is 14.1. The zero-order valence-corrected chi connectivity index (χ0v) is 22.0. The van der Waals surface area contributed by atoms with Crippen molar-refractivity contribution in [1.29, 1.82) is 0 Å². The summed E-state index contributed by atoms with van der Waals surface area (Å²) in [6, 6.07) is 14.6. The standard InChI is InChI=1S/C25H24IN3O7/c1-4-35-22-13-18(7-10-21(22)33-2)25(30)28-27-14-17-11-20(26)24(23(12-17)34-3)36-15-16-5-8-19(9-6-16)29(31)32/h5-14H,4,15H2,1-3H3,(H,28,30)/b27-14+. The summed E-state index contributed by atoms with van der Waals surface area (Å²) in [4.78, 5) is 22.9. The van der Waals surface area contributed by atoms with Crippen molar-refractivity contribution in [1.82, 2.24) is 5.43 Å². The van der Waals surface area contributed by atoms with Crippen LogP contribution in [0.4, 0.5) is 5.69 Å². The molecule has 11 heteroatoms. The van der Waals surface area contributed by atoms with Gasteiger partial charge in [0.1, 0.15) is 6.61 Å². The minimum absolute atomic E-state index is 0.0170. The second kappa shape index (κ2) is 12.7. The van der Waals surface area contributed by atoms with Gasteiger partial charge in [0.2, 0.25) is 0 Å². The van der Waals surface area contributed by atoms with Gasteiger partial charge in [-0.1, -0.05) is 0 Å². The van der Waals surface area contributed by atoms with Crippen LogP contribution >= 0.6 is 22.6 Å². The fraction of sp³-hybridized carbons (Fsp3) is 0.200. The molecule has 0 spiro atoms. The van der Waals surface area contributed by atoms with Gasteiger partial charge in [0, 0.05) is 17.7 Å². The van der Waals surface area contributed by atoms with Crippen molar-refractivity contribution in [3.05, 3.63) is 85.0 Å². The van der Waals surface area contributed by atoms with Gasteiger partial charge in [-0.3, -0.25) is 14.9 Å². The second-order valence-corrected chi connectivity index (χ2v) is 8.41. The highest BCUT2D eigenvalue weighted by Crippen LogP contribution is 2.34. The topological polar surface area (TPSA) is 122 Å². The van der Waals surface area contributed by atoms with Gasteiger partial charge in [0.25, 0.3) is 11.6 Å². The number of hydrogen-bond acceptors (Lipinski definition) is 8. The molecule has 36 heavy (non-hydrogen) atoms. The summed E-state index contributed by atoms with van der Waals surface area (Å²) in [5.41, 5.74) is 4.35. The van der Waals surface area contributed by atoms with Crippen LogP contribution in [0.3, 0.4) is 0 Å². The molecule has 0 radical (unpaired) electrons. The first-order chi connectivity index (χ1) is 17.4. The van der Waals surface area contributed by atoms with Gasteiger partial charge in [-0.05, 0) is 83.1 Å². The molecule has 0 heterocycles. The van der Waals surface area contributed by atoms with E-state index in [0.29, 0.717) is 40.7 Å². The Hall–Kier alpha value is -3.87. The molecular formula is C25H24IN3O7. The van der Waals surface area contributed by atoms with E-state index in [9.17, 15) is 14.9 Å². The van der Waals surface area contributed by atoms with Crippen molar-refractivity contribution >= 4 is 40.4 Å². The highest BCUT2D eigenvalue weighted by Gasteiger charge is 2.13. The van der Waals surface area contributed by atoms with E-state index in [2.05, 4.69) is 33.1 Å². The lowest BCUT2D eigenvalue weighted by atomic mass is 10.2. The molecule has 0 fully saturated rings. The molecule has 10 nitrogen and oxygen atoms in total. The Morgan fingerprint density at radius 1 is 1.03 bits per heavy atom. The summed E-state index contributed by atoms with van der Waals surface area (Å²) in [7, 11) is 3.05. The number of carbonyl (C=O) groups excluding carboxylic acids is 1. The van der Waals surface area contributed by atoms with Crippen molar-refractivity contribution in [3.63, 3.8) is 0 Å². The third-order valence-electron chi connectivity index (χ3n) is 4.89. The molecule has 0 saturated carbocycles. The molecule has 0 aliphatic rings. The zero-order valence-electron chi connectivity index (χ0n) is 19.8. The van der Waals surface area contributed by atoms with Crippen LogP contribution in [-0.2, 0) is 6.61 Å². The Balaban J connectivity index is 1.68. The van der Waals surface area contributed by atoms with E-state index in [1.54, 1.807) is 36.4 Å².